The molecule has 0 radical (unpaired) electrons. The molecule has 2 aromatic carbocycles. The predicted molar refractivity (Wildman–Crippen MR) is 119 cm³/mol. The first kappa shape index (κ1) is 23.0. The van der Waals surface area contributed by atoms with Gasteiger partial charge in [-0.2, -0.15) is 4.31 Å². The number of nitrogens with zero attached hydrogens (tertiary/aromatic N) is 1. The molecule has 0 atom stereocenters. The number of carbonyl (C=O) groups is 1. The minimum Gasteiger partial charge on any atom is -0.489 e. The summed E-state index contributed by atoms with van der Waals surface area (Å²) in [7, 11) is -3.66. The third kappa shape index (κ3) is 6.15. The summed E-state index contributed by atoms with van der Waals surface area (Å²) in [4.78, 5) is 12.6. The van der Waals surface area contributed by atoms with Gasteiger partial charge in [-0.3, -0.25) is 4.79 Å². The summed E-state index contributed by atoms with van der Waals surface area (Å²) in [5.74, 6) is -0.503. The Morgan fingerprint density at radius 2 is 1.87 bits per heavy atom. The van der Waals surface area contributed by atoms with E-state index in [0.717, 1.165) is 19.3 Å². The van der Waals surface area contributed by atoms with Gasteiger partial charge in [0.25, 0.3) is 0 Å². The molecule has 3 rings (SSSR count). The zero-order valence-electron chi connectivity index (χ0n) is 17.7. The van der Waals surface area contributed by atoms with Gasteiger partial charge in [-0.15, -0.1) is 0 Å². The van der Waals surface area contributed by atoms with Gasteiger partial charge in [-0.05, 0) is 68.7 Å². The van der Waals surface area contributed by atoms with E-state index in [1.165, 1.54) is 40.7 Å². The summed E-state index contributed by atoms with van der Waals surface area (Å²) in [6.07, 6.45) is 5.27. The number of benzene rings is 2. The van der Waals surface area contributed by atoms with Crippen molar-refractivity contribution >= 4 is 27.7 Å². The highest BCUT2D eigenvalue weighted by Crippen LogP contribution is 2.31. The van der Waals surface area contributed by atoms with Crippen LogP contribution < -0.4 is 10.1 Å². The second-order valence-corrected chi connectivity index (χ2v) is 9.60. The Labute approximate surface area is 182 Å². The normalized spacial score (nSPS) is 15.4. The third-order valence-electron chi connectivity index (χ3n) is 4.80. The van der Waals surface area contributed by atoms with Gasteiger partial charge < -0.3 is 10.1 Å². The molecule has 1 heterocycles. The van der Waals surface area contributed by atoms with Crippen LogP contribution in [0.5, 0.6) is 5.75 Å². The van der Waals surface area contributed by atoms with Crippen LogP contribution in [-0.4, -0.2) is 37.8 Å². The smallest absolute Gasteiger partial charge is 0.248 e. The molecule has 0 bridgehead atoms. The summed E-state index contributed by atoms with van der Waals surface area (Å²) in [6, 6.07) is 10.3. The van der Waals surface area contributed by atoms with Crippen LogP contribution in [0.3, 0.4) is 0 Å². The summed E-state index contributed by atoms with van der Waals surface area (Å²) in [5, 5.41) is 2.69. The van der Waals surface area contributed by atoms with Crippen molar-refractivity contribution in [3.8, 4) is 5.75 Å². The van der Waals surface area contributed by atoms with Crippen molar-refractivity contribution in [1.82, 2.24) is 4.31 Å². The van der Waals surface area contributed by atoms with Gasteiger partial charge in [-0.25, -0.2) is 12.8 Å². The number of hydrogen-bond donors (Lipinski definition) is 1. The van der Waals surface area contributed by atoms with Gasteiger partial charge in [0.15, 0.2) is 0 Å². The molecule has 31 heavy (non-hydrogen) atoms. The number of carbonyl (C=O) groups excluding carboxylic acids is 1. The van der Waals surface area contributed by atoms with Gasteiger partial charge in [-0.1, -0.05) is 18.6 Å². The Kier molecular flexibility index (Phi) is 7.46. The first-order valence-corrected chi connectivity index (χ1v) is 11.8. The second-order valence-electron chi connectivity index (χ2n) is 7.67. The molecule has 1 aliphatic heterocycles. The zero-order valence-corrected chi connectivity index (χ0v) is 18.5. The number of hydrogen-bond acceptors (Lipinski definition) is 4. The van der Waals surface area contributed by atoms with Crippen LogP contribution in [0.2, 0.25) is 0 Å². The number of rotatable bonds is 7. The van der Waals surface area contributed by atoms with E-state index in [1.54, 1.807) is 18.2 Å². The average Bonchev–Trinajstić information content (AvgIpc) is 2.74. The molecule has 0 unspecified atom stereocenters. The Morgan fingerprint density at radius 3 is 2.55 bits per heavy atom. The van der Waals surface area contributed by atoms with Crippen molar-refractivity contribution in [3.63, 3.8) is 0 Å². The number of amides is 1. The van der Waals surface area contributed by atoms with Crippen LogP contribution in [0, 0.1) is 5.82 Å². The van der Waals surface area contributed by atoms with E-state index in [-0.39, 0.29) is 16.7 Å². The minimum atomic E-state index is -3.66. The Balaban J connectivity index is 1.85. The van der Waals surface area contributed by atoms with E-state index in [4.69, 9.17) is 4.74 Å². The maximum Gasteiger partial charge on any atom is 0.248 e. The van der Waals surface area contributed by atoms with Crippen molar-refractivity contribution in [2.45, 2.75) is 44.1 Å². The molecule has 166 valence electrons. The molecule has 6 nitrogen and oxygen atoms in total. The molecule has 2 aromatic rings. The maximum absolute atomic E-state index is 13.3. The van der Waals surface area contributed by atoms with E-state index in [0.29, 0.717) is 24.4 Å². The summed E-state index contributed by atoms with van der Waals surface area (Å²) in [5.41, 5.74) is 0.802. The quantitative estimate of drug-likeness (QED) is 0.638. The number of ether oxygens (including phenoxy) is 1. The standard InChI is InChI=1S/C23H27FN2O4S/c1-17(2)30-22-11-10-20(31(28,29)26-13-4-3-5-14-26)16-21(22)25-23(27)12-9-18-7-6-8-19(24)15-18/h6-12,15-17H,3-5,13-14H2,1-2H3,(H,25,27)/b12-9+. The highest BCUT2D eigenvalue weighted by molar-refractivity contribution is 7.89. The van der Waals surface area contributed by atoms with E-state index in [1.807, 2.05) is 13.8 Å². The molecule has 8 heteroatoms. The van der Waals surface area contributed by atoms with E-state index in [9.17, 15) is 17.6 Å². The molecular weight excluding hydrogens is 419 g/mol. The maximum atomic E-state index is 13.3. The van der Waals surface area contributed by atoms with Crippen LogP contribution in [0.15, 0.2) is 53.4 Å². The monoisotopic (exact) mass is 446 g/mol. The van der Waals surface area contributed by atoms with Crippen molar-refractivity contribution < 1.29 is 22.3 Å². The van der Waals surface area contributed by atoms with Crippen LogP contribution >= 0.6 is 0 Å². The average molecular weight is 447 g/mol. The van der Waals surface area contributed by atoms with Gasteiger partial charge in [0, 0.05) is 19.2 Å². The molecular formula is C23H27FN2O4S. The van der Waals surface area contributed by atoms with Crippen LogP contribution in [0.25, 0.3) is 6.08 Å². The fraction of sp³-hybridized carbons (Fsp3) is 0.348. The third-order valence-corrected chi connectivity index (χ3v) is 6.69. The predicted octanol–water partition coefficient (Wildman–Crippen LogP) is 4.44. The molecule has 0 aliphatic carbocycles. The first-order chi connectivity index (χ1) is 14.8. The minimum absolute atomic E-state index is 0.106. The van der Waals surface area contributed by atoms with Crippen LogP contribution in [-0.2, 0) is 14.8 Å². The molecule has 0 aromatic heterocycles. The summed E-state index contributed by atoms with van der Waals surface area (Å²) in [6.45, 7) is 4.66. The number of anilines is 1. The summed E-state index contributed by atoms with van der Waals surface area (Å²) >= 11 is 0. The molecule has 1 saturated heterocycles. The topological polar surface area (TPSA) is 75.7 Å². The molecule has 1 amide bonds. The zero-order chi connectivity index (χ0) is 22.4. The molecule has 0 spiro atoms. The van der Waals surface area contributed by atoms with Gasteiger partial charge in [0.1, 0.15) is 11.6 Å². The number of nitrogens with one attached hydrogen (secondary N) is 1. The van der Waals surface area contributed by atoms with Crippen LogP contribution in [0.4, 0.5) is 10.1 Å². The molecule has 1 aliphatic rings. The van der Waals surface area contributed by atoms with Gasteiger partial charge in [0.05, 0.1) is 16.7 Å². The Hall–Kier alpha value is -2.71. The lowest BCUT2D eigenvalue weighted by Gasteiger charge is -2.26. The summed E-state index contributed by atoms with van der Waals surface area (Å²) < 4.78 is 46.6. The van der Waals surface area contributed by atoms with Crippen molar-refractivity contribution in [2.75, 3.05) is 18.4 Å². The Morgan fingerprint density at radius 1 is 1.13 bits per heavy atom. The van der Waals surface area contributed by atoms with Crippen LogP contribution in [0.1, 0.15) is 38.7 Å². The number of piperidine rings is 1. The van der Waals surface area contributed by atoms with Crippen molar-refractivity contribution in [3.05, 3.63) is 59.9 Å². The lowest BCUT2D eigenvalue weighted by Crippen LogP contribution is -2.35. The highest BCUT2D eigenvalue weighted by Gasteiger charge is 2.27. The number of halogens is 1. The molecule has 0 saturated carbocycles. The van der Waals surface area contributed by atoms with E-state index in [2.05, 4.69) is 5.32 Å². The van der Waals surface area contributed by atoms with E-state index >= 15 is 0 Å². The fourth-order valence-corrected chi connectivity index (χ4v) is 4.88. The first-order valence-electron chi connectivity index (χ1n) is 10.3. The lowest BCUT2D eigenvalue weighted by molar-refractivity contribution is -0.111. The van der Waals surface area contributed by atoms with Crippen molar-refractivity contribution in [1.29, 1.82) is 0 Å². The lowest BCUT2D eigenvalue weighted by atomic mass is 10.2. The largest absolute Gasteiger partial charge is 0.489 e. The van der Waals surface area contributed by atoms with Crippen molar-refractivity contribution in [2.24, 2.45) is 0 Å². The Bertz CT molecular complexity index is 1060. The molecule has 1 fully saturated rings. The molecule has 1 N–H and O–H groups in total. The number of sulfonamides is 1. The SMILES string of the molecule is CC(C)Oc1ccc(S(=O)(=O)N2CCCCC2)cc1NC(=O)/C=C/c1cccc(F)c1. The van der Waals surface area contributed by atoms with Gasteiger partial charge >= 0.3 is 0 Å². The van der Waals surface area contributed by atoms with Gasteiger partial charge in [0.2, 0.25) is 15.9 Å². The fourth-order valence-electron chi connectivity index (χ4n) is 3.33. The second kappa shape index (κ2) is 10.1. The highest BCUT2D eigenvalue weighted by atomic mass is 32.2. The van der Waals surface area contributed by atoms with E-state index < -0.39 is 21.7 Å².